The zero-order valence-corrected chi connectivity index (χ0v) is 17.6. The molecule has 1 aliphatic carbocycles. The van der Waals surface area contributed by atoms with Crippen LogP contribution in [0.4, 0.5) is 5.69 Å². The molecular weight excluding hydrogens is 384 g/mol. The van der Waals surface area contributed by atoms with Crippen LogP contribution in [0.3, 0.4) is 0 Å². The number of nitrogens with zero attached hydrogens (tertiary/aromatic N) is 3. The molecule has 5 heteroatoms. The fourth-order valence-corrected chi connectivity index (χ4v) is 4.44. The summed E-state index contributed by atoms with van der Waals surface area (Å²) in [4.78, 5) is 18.7. The summed E-state index contributed by atoms with van der Waals surface area (Å²) in [5.41, 5.74) is 4.40. The average molecular weight is 411 g/mol. The van der Waals surface area contributed by atoms with Crippen LogP contribution >= 0.6 is 0 Å². The van der Waals surface area contributed by atoms with Gasteiger partial charge in [-0.15, -0.1) is 0 Å². The first-order chi connectivity index (χ1) is 15.2. The molecule has 156 valence electrons. The number of nitriles is 1. The Morgan fingerprint density at radius 2 is 1.84 bits per heavy atom. The second kappa shape index (κ2) is 8.39. The van der Waals surface area contributed by atoms with Crippen molar-refractivity contribution in [1.29, 1.82) is 5.26 Å². The van der Waals surface area contributed by atoms with Gasteiger partial charge in [-0.1, -0.05) is 24.3 Å². The molecule has 2 aliphatic rings. The zero-order chi connectivity index (χ0) is 21.2. The summed E-state index contributed by atoms with van der Waals surface area (Å²) in [5, 5.41) is 14.9. The number of hydrogen-bond donors (Lipinski definition) is 1. The highest BCUT2D eigenvalue weighted by atomic mass is 16.2. The summed E-state index contributed by atoms with van der Waals surface area (Å²) >= 11 is 0. The number of anilines is 1. The molecule has 0 spiro atoms. The minimum atomic E-state index is 0.302. The van der Waals surface area contributed by atoms with Crippen molar-refractivity contribution in [2.45, 2.75) is 38.1 Å². The summed E-state index contributed by atoms with van der Waals surface area (Å²) in [5.74, 6) is 0.658. The van der Waals surface area contributed by atoms with Crippen LogP contribution < -0.4 is 5.32 Å². The lowest BCUT2D eigenvalue weighted by molar-refractivity contribution is -0.133. The minimum absolute atomic E-state index is 0.302. The van der Waals surface area contributed by atoms with Gasteiger partial charge in [0.15, 0.2) is 0 Å². The van der Waals surface area contributed by atoms with Crippen LogP contribution in [0, 0.1) is 17.2 Å². The van der Waals surface area contributed by atoms with Gasteiger partial charge in [0.25, 0.3) is 0 Å². The third kappa shape index (κ3) is 4.25. The molecule has 0 unspecified atom stereocenters. The lowest BCUT2D eigenvalue weighted by Gasteiger charge is -2.33. The molecule has 5 rings (SSSR count). The normalized spacial score (nSPS) is 16.8. The molecule has 2 fully saturated rings. The lowest BCUT2D eigenvalue weighted by Crippen LogP contribution is -2.43. The molecule has 5 nitrogen and oxygen atoms in total. The zero-order valence-electron chi connectivity index (χ0n) is 17.6. The third-order valence-corrected chi connectivity index (χ3v) is 6.42. The van der Waals surface area contributed by atoms with Crippen molar-refractivity contribution in [3.63, 3.8) is 0 Å². The summed E-state index contributed by atoms with van der Waals surface area (Å²) in [6.45, 7) is 1.67. The van der Waals surface area contributed by atoms with E-state index in [0.717, 1.165) is 71.9 Å². The molecule has 2 aromatic carbocycles. The summed E-state index contributed by atoms with van der Waals surface area (Å²) in [6.07, 6.45) is 8.25. The van der Waals surface area contributed by atoms with E-state index in [1.165, 1.54) is 0 Å². The first-order valence-electron chi connectivity index (χ1n) is 11.1. The Kier molecular flexibility index (Phi) is 5.30. The predicted octanol–water partition coefficient (Wildman–Crippen LogP) is 4.78. The Labute approximate surface area is 182 Å². The number of rotatable bonds is 5. The number of carbonyl (C=O) groups is 1. The standard InChI is InChI=1S/C26H26N4O/c27-11-7-18-1-3-19(4-2-18)22-15-21-8-12-28-17-24(21)25(16-22)29-23-9-13-30(14-10-23)26(31)20-5-6-20/h1-4,8,12,15-17,20,23,29H,5-7,9-10,13-14H2. The number of amides is 1. The quantitative estimate of drug-likeness (QED) is 0.657. The molecule has 1 saturated heterocycles. The molecule has 0 bridgehead atoms. The third-order valence-electron chi connectivity index (χ3n) is 6.42. The highest BCUT2D eigenvalue weighted by Gasteiger charge is 2.34. The molecule has 1 saturated carbocycles. The smallest absolute Gasteiger partial charge is 0.225 e. The van der Waals surface area contributed by atoms with E-state index in [1.54, 1.807) is 0 Å². The number of benzene rings is 2. The molecule has 0 atom stereocenters. The van der Waals surface area contributed by atoms with Gasteiger partial charge >= 0.3 is 0 Å². The Balaban J connectivity index is 1.38. The summed E-state index contributed by atoms with van der Waals surface area (Å²) in [6, 6.07) is 17.2. The number of carbonyl (C=O) groups excluding carboxylic acids is 1. The van der Waals surface area contributed by atoms with Crippen molar-refractivity contribution in [3.8, 4) is 17.2 Å². The maximum Gasteiger partial charge on any atom is 0.225 e. The van der Waals surface area contributed by atoms with E-state index in [1.807, 2.05) is 30.6 Å². The monoisotopic (exact) mass is 410 g/mol. The average Bonchev–Trinajstić information content (AvgIpc) is 3.65. The highest BCUT2D eigenvalue weighted by molar-refractivity contribution is 5.97. The predicted molar refractivity (Wildman–Crippen MR) is 122 cm³/mol. The van der Waals surface area contributed by atoms with Crippen LogP contribution in [0.1, 0.15) is 31.2 Å². The van der Waals surface area contributed by atoms with Gasteiger partial charge in [0, 0.05) is 48.5 Å². The van der Waals surface area contributed by atoms with E-state index in [-0.39, 0.29) is 0 Å². The minimum Gasteiger partial charge on any atom is -0.382 e. The number of likely N-dealkylation sites (tertiary alicyclic amines) is 1. The van der Waals surface area contributed by atoms with Gasteiger partial charge in [0.2, 0.25) is 5.91 Å². The van der Waals surface area contributed by atoms with Gasteiger partial charge in [0.1, 0.15) is 0 Å². The maximum absolute atomic E-state index is 12.3. The molecule has 1 amide bonds. The van der Waals surface area contributed by atoms with Crippen molar-refractivity contribution in [1.82, 2.24) is 9.88 Å². The highest BCUT2D eigenvalue weighted by Crippen LogP contribution is 2.34. The van der Waals surface area contributed by atoms with Crippen LogP contribution in [0.15, 0.2) is 54.9 Å². The van der Waals surface area contributed by atoms with Gasteiger partial charge in [-0.05, 0) is 66.0 Å². The van der Waals surface area contributed by atoms with E-state index >= 15 is 0 Å². The van der Waals surface area contributed by atoms with Gasteiger partial charge in [-0.25, -0.2) is 0 Å². The SMILES string of the molecule is N#CCc1ccc(-c2cc(NC3CCN(C(=O)C4CC4)CC3)c3cnccc3c2)cc1. The fourth-order valence-electron chi connectivity index (χ4n) is 4.44. The molecule has 1 N–H and O–H groups in total. The van der Waals surface area contributed by atoms with Crippen molar-refractivity contribution >= 4 is 22.4 Å². The second-order valence-electron chi connectivity index (χ2n) is 8.67. The summed E-state index contributed by atoms with van der Waals surface area (Å²) in [7, 11) is 0. The van der Waals surface area contributed by atoms with E-state index < -0.39 is 0 Å². The number of aromatic nitrogens is 1. The second-order valence-corrected chi connectivity index (χ2v) is 8.67. The Morgan fingerprint density at radius 1 is 1.06 bits per heavy atom. The van der Waals surface area contributed by atoms with E-state index in [9.17, 15) is 4.79 Å². The van der Waals surface area contributed by atoms with Crippen LogP contribution in [-0.2, 0) is 11.2 Å². The van der Waals surface area contributed by atoms with Crippen LogP contribution in [0.5, 0.6) is 0 Å². The molecule has 1 aliphatic heterocycles. The molecule has 0 radical (unpaired) electrons. The largest absolute Gasteiger partial charge is 0.382 e. The number of nitrogens with one attached hydrogen (secondary N) is 1. The Hall–Kier alpha value is -3.39. The van der Waals surface area contributed by atoms with Crippen molar-refractivity contribution < 1.29 is 4.79 Å². The van der Waals surface area contributed by atoms with Crippen molar-refractivity contribution in [2.75, 3.05) is 18.4 Å². The first kappa shape index (κ1) is 19.6. The van der Waals surface area contributed by atoms with Gasteiger partial charge < -0.3 is 10.2 Å². The molecule has 2 heterocycles. The first-order valence-corrected chi connectivity index (χ1v) is 11.1. The molecular formula is C26H26N4O. The fraction of sp³-hybridized carbons (Fsp3) is 0.346. The number of pyridine rings is 1. The topological polar surface area (TPSA) is 69.0 Å². The number of fused-ring (bicyclic) bond motifs is 1. The van der Waals surface area contributed by atoms with E-state index in [4.69, 9.17) is 5.26 Å². The summed E-state index contributed by atoms with van der Waals surface area (Å²) < 4.78 is 0. The number of hydrogen-bond acceptors (Lipinski definition) is 4. The van der Waals surface area contributed by atoms with Crippen molar-refractivity contribution in [3.05, 3.63) is 60.4 Å². The van der Waals surface area contributed by atoms with Gasteiger partial charge in [0.05, 0.1) is 12.5 Å². The number of piperidine rings is 1. The van der Waals surface area contributed by atoms with Crippen LogP contribution in [-0.4, -0.2) is 34.9 Å². The van der Waals surface area contributed by atoms with Gasteiger partial charge in [-0.3, -0.25) is 9.78 Å². The van der Waals surface area contributed by atoms with E-state index in [2.05, 4.69) is 45.5 Å². The molecule has 1 aromatic heterocycles. The van der Waals surface area contributed by atoms with E-state index in [0.29, 0.717) is 24.3 Å². The molecule has 31 heavy (non-hydrogen) atoms. The maximum atomic E-state index is 12.3. The van der Waals surface area contributed by atoms with Crippen LogP contribution in [0.2, 0.25) is 0 Å². The van der Waals surface area contributed by atoms with Crippen molar-refractivity contribution in [2.24, 2.45) is 5.92 Å². The lowest BCUT2D eigenvalue weighted by atomic mass is 9.98. The van der Waals surface area contributed by atoms with Gasteiger partial charge in [-0.2, -0.15) is 5.26 Å². The van der Waals surface area contributed by atoms with Crippen LogP contribution in [0.25, 0.3) is 21.9 Å². The molecule has 3 aromatic rings. The Morgan fingerprint density at radius 3 is 2.55 bits per heavy atom. The Bertz CT molecular complexity index is 1140.